The number of allylic oxidation sites excluding steroid dienone is 1. The molecule has 0 fully saturated rings. The summed E-state index contributed by atoms with van der Waals surface area (Å²) in [5.74, 6) is 1.55. The van der Waals surface area contributed by atoms with Crippen LogP contribution in [-0.2, 0) is 13.6 Å². The van der Waals surface area contributed by atoms with Crippen molar-refractivity contribution in [3.63, 3.8) is 0 Å². The second-order valence-corrected chi connectivity index (χ2v) is 5.99. The Morgan fingerprint density at radius 2 is 1.62 bits per heavy atom. The summed E-state index contributed by atoms with van der Waals surface area (Å²) in [5.41, 5.74) is 0. The molecule has 0 saturated carbocycles. The minimum absolute atomic E-state index is 0.493. The molecule has 0 N–H and O–H groups in total. The van der Waals surface area contributed by atoms with E-state index in [0.717, 1.165) is 25.7 Å². The third kappa shape index (κ3) is 8.51. The van der Waals surface area contributed by atoms with Gasteiger partial charge in [-0.15, -0.1) is 0 Å². The highest BCUT2D eigenvalue weighted by atomic mass is 79.9. The third-order valence-electron chi connectivity index (χ3n) is 1.92. The van der Waals surface area contributed by atoms with Gasteiger partial charge in [-0.2, -0.15) is 0 Å². The molecule has 0 aromatic heterocycles. The molecule has 0 aliphatic heterocycles. The van der Waals surface area contributed by atoms with Gasteiger partial charge in [-0.05, 0) is 12.8 Å². The first-order valence-corrected chi connectivity index (χ1v) is 8.54. The third-order valence-corrected chi connectivity index (χ3v) is 3.95. The second-order valence-electron chi connectivity index (χ2n) is 3.45. The molecule has 0 radical (unpaired) electrons. The van der Waals surface area contributed by atoms with E-state index in [0.29, 0.717) is 18.5 Å². The van der Waals surface area contributed by atoms with Crippen LogP contribution < -0.4 is 0 Å². The maximum absolute atomic E-state index is 12.2. The summed E-state index contributed by atoms with van der Waals surface area (Å²) in [6, 6.07) is 0. The molecule has 0 amide bonds. The molecule has 0 aromatic carbocycles. The molecular weight excluding hydrogens is 291 g/mol. The van der Waals surface area contributed by atoms with Gasteiger partial charge >= 0.3 is 7.60 Å². The average Bonchev–Trinajstić information content (AvgIpc) is 2.27. The van der Waals surface area contributed by atoms with Crippen molar-refractivity contribution >= 4 is 23.5 Å². The first-order valence-electron chi connectivity index (χ1n) is 5.81. The standard InChI is InChI=1S/C11H22BrO3P/c1-3-5-9-14-16(13,11-7-8-12)15-10-6-4-2/h7,11H,3-6,8-10H2,1-2H3. The van der Waals surface area contributed by atoms with Gasteiger partial charge in [0, 0.05) is 11.1 Å². The van der Waals surface area contributed by atoms with Crippen LogP contribution in [0.15, 0.2) is 11.9 Å². The minimum Gasteiger partial charge on any atom is -0.306 e. The van der Waals surface area contributed by atoms with Gasteiger partial charge in [0.1, 0.15) is 0 Å². The number of hydrogen-bond acceptors (Lipinski definition) is 3. The molecule has 3 nitrogen and oxygen atoms in total. The largest absolute Gasteiger partial charge is 0.353 e. The van der Waals surface area contributed by atoms with Gasteiger partial charge in [0.2, 0.25) is 0 Å². The quantitative estimate of drug-likeness (QED) is 0.332. The molecule has 5 heteroatoms. The first-order chi connectivity index (χ1) is 7.68. The number of halogens is 1. The smallest absolute Gasteiger partial charge is 0.306 e. The van der Waals surface area contributed by atoms with Gasteiger partial charge in [-0.3, -0.25) is 4.57 Å². The summed E-state index contributed by atoms with van der Waals surface area (Å²) >= 11 is 3.25. The first kappa shape index (κ1) is 16.4. The molecular formula is C11H22BrO3P. The predicted octanol–water partition coefficient (Wildman–Crippen LogP) is 4.72. The monoisotopic (exact) mass is 312 g/mol. The van der Waals surface area contributed by atoms with Crippen molar-refractivity contribution in [2.45, 2.75) is 39.5 Å². The number of alkyl halides is 1. The number of rotatable bonds is 10. The van der Waals surface area contributed by atoms with E-state index in [4.69, 9.17) is 9.05 Å². The Morgan fingerprint density at radius 3 is 2.00 bits per heavy atom. The summed E-state index contributed by atoms with van der Waals surface area (Å²) in [6.07, 6.45) is 5.62. The van der Waals surface area contributed by atoms with Crippen LogP contribution in [0.2, 0.25) is 0 Å². The molecule has 16 heavy (non-hydrogen) atoms. The fourth-order valence-corrected chi connectivity index (χ4v) is 2.82. The van der Waals surface area contributed by atoms with E-state index in [1.54, 1.807) is 11.9 Å². The molecule has 0 atom stereocenters. The lowest BCUT2D eigenvalue weighted by molar-refractivity contribution is 0.207. The minimum atomic E-state index is -3.01. The van der Waals surface area contributed by atoms with Crippen LogP contribution >= 0.6 is 23.5 Å². The lowest BCUT2D eigenvalue weighted by Crippen LogP contribution is -1.97. The van der Waals surface area contributed by atoms with E-state index in [1.807, 2.05) is 0 Å². The Kier molecular flexibility index (Phi) is 10.8. The van der Waals surface area contributed by atoms with E-state index in [9.17, 15) is 4.57 Å². The summed E-state index contributed by atoms with van der Waals surface area (Å²) in [6.45, 7) is 5.13. The SMILES string of the molecule is CCCCOP(=O)(C=CCBr)OCCCC. The molecule has 0 bridgehead atoms. The summed E-state index contributed by atoms with van der Waals surface area (Å²) in [7, 11) is -3.01. The van der Waals surface area contributed by atoms with Gasteiger partial charge in [0.05, 0.1) is 13.2 Å². The highest BCUT2D eigenvalue weighted by Crippen LogP contribution is 2.50. The predicted molar refractivity (Wildman–Crippen MR) is 72.3 cm³/mol. The Bertz CT molecular complexity index is 217. The fourth-order valence-electron chi connectivity index (χ4n) is 0.965. The summed E-state index contributed by atoms with van der Waals surface area (Å²) in [4.78, 5) is 0. The van der Waals surface area contributed by atoms with Crippen molar-refractivity contribution in [2.75, 3.05) is 18.5 Å². The van der Waals surface area contributed by atoms with E-state index >= 15 is 0 Å². The number of hydrogen-bond donors (Lipinski definition) is 0. The van der Waals surface area contributed by atoms with Crippen LogP contribution in [0.1, 0.15) is 39.5 Å². The molecule has 0 aliphatic carbocycles. The van der Waals surface area contributed by atoms with Crippen LogP contribution in [0, 0.1) is 0 Å². The molecule has 0 unspecified atom stereocenters. The Labute approximate surface area is 107 Å². The van der Waals surface area contributed by atoms with Crippen LogP contribution in [0.3, 0.4) is 0 Å². The van der Waals surface area contributed by atoms with Crippen LogP contribution in [0.4, 0.5) is 0 Å². The highest BCUT2D eigenvalue weighted by molar-refractivity contribution is 9.09. The Morgan fingerprint density at radius 1 is 1.12 bits per heavy atom. The van der Waals surface area contributed by atoms with Crippen LogP contribution in [-0.4, -0.2) is 18.5 Å². The van der Waals surface area contributed by atoms with Crippen LogP contribution in [0.25, 0.3) is 0 Å². The molecule has 0 saturated heterocycles. The van der Waals surface area contributed by atoms with E-state index in [2.05, 4.69) is 29.8 Å². The molecule has 0 aliphatic rings. The summed E-state index contributed by atoms with van der Waals surface area (Å²) < 4.78 is 22.9. The lowest BCUT2D eigenvalue weighted by Gasteiger charge is -2.14. The van der Waals surface area contributed by atoms with E-state index in [1.165, 1.54) is 0 Å². The van der Waals surface area contributed by atoms with Gasteiger partial charge in [-0.1, -0.05) is 48.7 Å². The second kappa shape index (κ2) is 10.5. The maximum atomic E-state index is 12.2. The van der Waals surface area contributed by atoms with Gasteiger partial charge in [-0.25, -0.2) is 0 Å². The van der Waals surface area contributed by atoms with Gasteiger partial charge in [0.15, 0.2) is 0 Å². The molecule has 0 spiro atoms. The van der Waals surface area contributed by atoms with Gasteiger partial charge in [0.25, 0.3) is 0 Å². The Balaban J connectivity index is 4.13. The van der Waals surface area contributed by atoms with Gasteiger partial charge < -0.3 is 9.05 Å². The summed E-state index contributed by atoms with van der Waals surface area (Å²) in [5, 5.41) is 0.658. The van der Waals surface area contributed by atoms with E-state index in [-0.39, 0.29) is 0 Å². The van der Waals surface area contributed by atoms with Crippen molar-refractivity contribution in [2.24, 2.45) is 0 Å². The van der Waals surface area contributed by atoms with Crippen molar-refractivity contribution in [3.8, 4) is 0 Å². The highest BCUT2D eigenvalue weighted by Gasteiger charge is 2.19. The lowest BCUT2D eigenvalue weighted by atomic mass is 10.4. The molecule has 96 valence electrons. The zero-order valence-electron chi connectivity index (χ0n) is 10.2. The normalized spacial score (nSPS) is 12.4. The van der Waals surface area contributed by atoms with Crippen LogP contribution in [0.5, 0.6) is 0 Å². The topological polar surface area (TPSA) is 35.5 Å². The van der Waals surface area contributed by atoms with Crippen molar-refractivity contribution in [1.82, 2.24) is 0 Å². The average molecular weight is 313 g/mol. The number of unbranched alkanes of at least 4 members (excludes halogenated alkanes) is 2. The zero-order valence-corrected chi connectivity index (χ0v) is 12.6. The maximum Gasteiger partial charge on any atom is 0.353 e. The van der Waals surface area contributed by atoms with Crippen molar-refractivity contribution in [1.29, 1.82) is 0 Å². The van der Waals surface area contributed by atoms with Crippen molar-refractivity contribution < 1.29 is 13.6 Å². The Hall–Kier alpha value is 0.370. The van der Waals surface area contributed by atoms with Crippen molar-refractivity contribution in [3.05, 3.63) is 11.9 Å². The van der Waals surface area contributed by atoms with E-state index < -0.39 is 7.60 Å². The molecule has 0 aromatic rings. The molecule has 0 rings (SSSR count). The fraction of sp³-hybridized carbons (Fsp3) is 0.818. The molecule has 0 heterocycles. The zero-order chi connectivity index (χ0) is 12.3.